The first-order chi connectivity index (χ1) is 10.6. The van der Waals surface area contributed by atoms with E-state index in [1.54, 1.807) is 6.92 Å². The summed E-state index contributed by atoms with van der Waals surface area (Å²) in [4.78, 5) is 28.3. The maximum absolute atomic E-state index is 12.1. The van der Waals surface area contributed by atoms with Crippen molar-refractivity contribution in [2.75, 3.05) is 13.2 Å². The summed E-state index contributed by atoms with van der Waals surface area (Å²) in [6.07, 6.45) is 0.841. The highest BCUT2D eigenvalue weighted by molar-refractivity contribution is 7.17. The molecule has 5 nitrogen and oxygen atoms in total. The van der Waals surface area contributed by atoms with E-state index >= 15 is 0 Å². The van der Waals surface area contributed by atoms with Gasteiger partial charge in [-0.2, -0.15) is 0 Å². The number of aromatic nitrogens is 1. The highest BCUT2D eigenvalue weighted by Crippen LogP contribution is 2.28. The molecule has 2 aromatic rings. The predicted octanol–water partition coefficient (Wildman–Crippen LogP) is 2.80. The number of benzene rings is 1. The Morgan fingerprint density at radius 1 is 1.27 bits per heavy atom. The SMILES string of the molecule is CCCNC(=O)COC(=O)c1sc(-c2ccccc2)nc1C. The minimum absolute atomic E-state index is 0.267. The van der Waals surface area contributed by atoms with E-state index in [1.807, 2.05) is 37.3 Å². The van der Waals surface area contributed by atoms with Crippen molar-refractivity contribution in [2.45, 2.75) is 20.3 Å². The van der Waals surface area contributed by atoms with Crippen molar-refractivity contribution in [1.29, 1.82) is 0 Å². The quantitative estimate of drug-likeness (QED) is 0.832. The Bertz CT molecular complexity index is 653. The summed E-state index contributed by atoms with van der Waals surface area (Å²) in [6.45, 7) is 4.03. The minimum Gasteiger partial charge on any atom is -0.451 e. The molecule has 0 atom stereocenters. The van der Waals surface area contributed by atoms with E-state index in [-0.39, 0.29) is 12.5 Å². The van der Waals surface area contributed by atoms with Crippen LogP contribution >= 0.6 is 11.3 Å². The lowest BCUT2D eigenvalue weighted by Gasteiger charge is -2.04. The third-order valence-electron chi connectivity index (χ3n) is 2.91. The summed E-state index contributed by atoms with van der Waals surface area (Å²) >= 11 is 1.27. The van der Waals surface area contributed by atoms with Crippen molar-refractivity contribution in [1.82, 2.24) is 10.3 Å². The van der Waals surface area contributed by atoms with Gasteiger partial charge in [-0.3, -0.25) is 4.79 Å². The Morgan fingerprint density at radius 3 is 2.68 bits per heavy atom. The average Bonchev–Trinajstić information content (AvgIpc) is 2.93. The van der Waals surface area contributed by atoms with Crippen molar-refractivity contribution in [2.24, 2.45) is 0 Å². The molecule has 116 valence electrons. The van der Waals surface area contributed by atoms with Gasteiger partial charge in [0, 0.05) is 12.1 Å². The number of aryl methyl sites for hydroxylation is 1. The molecule has 0 unspecified atom stereocenters. The monoisotopic (exact) mass is 318 g/mol. The van der Waals surface area contributed by atoms with Crippen LogP contribution in [0.5, 0.6) is 0 Å². The number of nitrogens with zero attached hydrogens (tertiary/aromatic N) is 1. The van der Waals surface area contributed by atoms with Gasteiger partial charge in [0.05, 0.1) is 5.69 Å². The van der Waals surface area contributed by atoms with Crippen molar-refractivity contribution >= 4 is 23.2 Å². The zero-order valence-electron chi connectivity index (χ0n) is 12.6. The zero-order valence-corrected chi connectivity index (χ0v) is 13.4. The maximum Gasteiger partial charge on any atom is 0.350 e. The molecule has 1 aromatic carbocycles. The molecule has 0 aliphatic carbocycles. The Morgan fingerprint density at radius 2 is 2.00 bits per heavy atom. The second-order valence-electron chi connectivity index (χ2n) is 4.73. The van der Waals surface area contributed by atoms with Crippen LogP contribution in [0.2, 0.25) is 0 Å². The van der Waals surface area contributed by atoms with Gasteiger partial charge in [0.1, 0.15) is 9.88 Å². The summed E-state index contributed by atoms with van der Waals surface area (Å²) in [5.74, 6) is -0.801. The first-order valence-corrected chi connectivity index (χ1v) is 7.90. The van der Waals surface area contributed by atoms with Crippen molar-refractivity contribution in [3.8, 4) is 10.6 Å². The smallest absolute Gasteiger partial charge is 0.350 e. The van der Waals surface area contributed by atoms with Gasteiger partial charge in [-0.25, -0.2) is 9.78 Å². The normalized spacial score (nSPS) is 10.3. The van der Waals surface area contributed by atoms with Gasteiger partial charge in [0.2, 0.25) is 0 Å². The molecule has 0 radical (unpaired) electrons. The largest absolute Gasteiger partial charge is 0.451 e. The summed E-state index contributed by atoms with van der Waals surface area (Å²) in [7, 11) is 0. The maximum atomic E-state index is 12.1. The summed E-state index contributed by atoms with van der Waals surface area (Å²) in [5.41, 5.74) is 1.57. The molecule has 2 rings (SSSR count). The van der Waals surface area contributed by atoms with E-state index in [1.165, 1.54) is 11.3 Å². The average molecular weight is 318 g/mol. The highest BCUT2D eigenvalue weighted by Gasteiger charge is 2.18. The molecule has 0 bridgehead atoms. The number of ether oxygens (including phenoxy) is 1. The molecule has 1 amide bonds. The highest BCUT2D eigenvalue weighted by atomic mass is 32.1. The van der Waals surface area contributed by atoms with Crippen LogP contribution in [0.4, 0.5) is 0 Å². The molecule has 0 aliphatic heterocycles. The number of rotatable bonds is 6. The summed E-state index contributed by atoms with van der Waals surface area (Å²) in [6, 6.07) is 9.63. The van der Waals surface area contributed by atoms with Gasteiger partial charge in [-0.1, -0.05) is 37.3 Å². The fourth-order valence-corrected chi connectivity index (χ4v) is 2.77. The molecule has 22 heavy (non-hydrogen) atoms. The topological polar surface area (TPSA) is 68.3 Å². The van der Waals surface area contributed by atoms with Gasteiger partial charge in [0.15, 0.2) is 6.61 Å². The lowest BCUT2D eigenvalue weighted by molar-refractivity contribution is -0.124. The van der Waals surface area contributed by atoms with E-state index in [9.17, 15) is 9.59 Å². The van der Waals surface area contributed by atoms with E-state index < -0.39 is 5.97 Å². The van der Waals surface area contributed by atoms with Gasteiger partial charge in [-0.15, -0.1) is 11.3 Å². The molecule has 1 aromatic heterocycles. The number of carbonyl (C=O) groups is 2. The first kappa shape index (κ1) is 16.2. The Hall–Kier alpha value is -2.21. The number of carbonyl (C=O) groups excluding carboxylic acids is 2. The minimum atomic E-state index is -0.510. The number of thiazole rings is 1. The van der Waals surface area contributed by atoms with Crippen molar-refractivity contribution in [3.05, 3.63) is 40.9 Å². The second-order valence-corrected chi connectivity index (χ2v) is 5.72. The molecule has 6 heteroatoms. The number of hydrogen-bond donors (Lipinski definition) is 1. The van der Waals surface area contributed by atoms with Crippen LogP contribution in [-0.2, 0) is 9.53 Å². The first-order valence-electron chi connectivity index (χ1n) is 7.08. The van der Waals surface area contributed by atoms with Crippen LogP contribution in [0.15, 0.2) is 30.3 Å². The van der Waals surface area contributed by atoms with Crippen LogP contribution in [0, 0.1) is 6.92 Å². The van der Waals surface area contributed by atoms with Gasteiger partial charge < -0.3 is 10.1 Å². The Labute approximate surface area is 133 Å². The van der Waals surface area contributed by atoms with E-state index in [4.69, 9.17) is 4.74 Å². The molecule has 0 spiro atoms. The lowest BCUT2D eigenvalue weighted by atomic mass is 10.2. The molecule has 0 aliphatic rings. The van der Waals surface area contributed by atoms with E-state index in [2.05, 4.69) is 10.3 Å². The van der Waals surface area contributed by atoms with Crippen LogP contribution in [-0.4, -0.2) is 30.0 Å². The molecule has 1 N–H and O–H groups in total. The standard InChI is InChI=1S/C16H18N2O3S/c1-3-9-17-13(19)10-21-16(20)14-11(2)18-15(22-14)12-7-5-4-6-8-12/h4-8H,3,9-10H2,1-2H3,(H,17,19). The number of esters is 1. The summed E-state index contributed by atoms with van der Waals surface area (Å²) in [5, 5.41) is 3.42. The number of amides is 1. The van der Waals surface area contributed by atoms with Gasteiger partial charge >= 0.3 is 5.97 Å². The third kappa shape index (κ3) is 4.14. The number of hydrogen-bond acceptors (Lipinski definition) is 5. The van der Waals surface area contributed by atoms with Crippen LogP contribution < -0.4 is 5.32 Å². The Balaban J connectivity index is 2.02. The van der Waals surface area contributed by atoms with Crippen molar-refractivity contribution in [3.63, 3.8) is 0 Å². The van der Waals surface area contributed by atoms with Crippen LogP contribution in [0.25, 0.3) is 10.6 Å². The fraction of sp³-hybridized carbons (Fsp3) is 0.312. The predicted molar refractivity (Wildman–Crippen MR) is 85.9 cm³/mol. The third-order valence-corrected chi connectivity index (χ3v) is 4.10. The van der Waals surface area contributed by atoms with Crippen LogP contribution in [0.1, 0.15) is 28.7 Å². The number of nitrogens with one attached hydrogen (secondary N) is 1. The molecule has 0 saturated heterocycles. The van der Waals surface area contributed by atoms with Gasteiger partial charge in [-0.05, 0) is 13.3 Å². The van der Waals surface area contributed by atoms with Crippen LogP contribution in [0.3, 0.4) is 0 Å². The van der Waals surface area contributed by atoms with Gasteiger partial charge in [0.25, 0.3) is 5.91 Å². The zero-order chi connectivity index (χ0) is 15.9. The molecular formula is C16H18N2O3S. The Kier molecular flexibility index (Phi) is 5.66. The molecular weight excluding hydrogens is 300 g/mol. The van der Waals surface area contributed by atoms with E-state index in [0.717, 1.165) is 17.0 Å². The molecule has 0 fully saturated rings. The van der Waals surface area contributed by atoms with E-state index in [0.29, 0.717) is 17.1 Å². The summed E-state index contributed by atoms with van der Waals surface area (Å²) < 4.78 is 5.04. The van der Waals surface area contributed by atoms with Crippen molar-refractivity contribution < 1.29 is 14.3 Å². The second kappa shape index (κ2) is 7.70. The molecule has 1 heterocycles. The lowest BCUT2D eigenvalue weighted by Crippen LogP contribution is -2.29. The fourth-order valence-electron chi connectivity index (χ4n) is 1.80. The molecule has 0 saturated carbocycles.